The molecule has 31 heavy (non-hydrogen) atoms. The molecule has 1 N–H and O–H groups in total. The zero-order chi connectivity index (χ0) is 21.8. The van der Waals surface area contributed by atoms with Gasteiger partial charge in [-0.1, -0.05) is 30.3 Å². The van der Waals surface area contributed by atoms with Crippen LogP contribution in [0, 0.1) is 0 Å². The topological polar surface area (TPSA) is 70.7 Å². The molecule has 1 aliphatic heterocycles. The van der Waals surface area contributed by atoms with Gasteiger partial charge in [-0.2, -0.15) is 0 Å². The predicted octanol–water partition coefficient (Wildman–Crippen LogP) is 3.37. The molecule has 0 spiro atoms. The molecule has 2 heterocycles. The minimum atomic E-state index is -0.356. The first kappa shape index (κ1) is 21.0. The number of piperazine rings is 1. The lowest BCUT2D eigenvalue weighted by Crippen LogP contribution is -2.56. The maximum absolute atomic E-state index is 12.6. The second-order valence-electron chi connectivity index (χ2n) is 8.24. The largest absolute Gasteiger partial charge is 0.419 e. The molecule has 7 nitrogen and oxygen atoms in total. The van der Waals surface area contributed by atoms with Gasteiger partial charge in [-0.25, -0.2) is 9.59 Å². The number of hydrogen-bond acceptors (Lipinski definition) is 4. The second kappa shape index (κ2) is 9.29. The van der Waals surface area contributed by atoms with Crippen molar-refractivity contribution in [2.24, 2.45) is 7.05 Å². The van der Waals surface area contributed by atoms with Crippen LogP contribution in [0.1, 0.15) is 25.3 Å². The summed E-state index contributed by atoms with van der Waals surface area (Å²) in [7, 11) is 1.70. The fourth-order valence-electron chi connectivity index (χ4n) is 4.21. The minimum Gasteiger partial charge on any atom is -0.408 e. The van der Waals surface area contributed by atoms with Gasteiger partial charge >= 0.3 is 11.8 Å². The average molecular weight is 423 g/mol. The van der Waals surface area contributed by atoms with E-state index >= 15 is 0 Å². The van der Waals surface area contributed by atoms with Crippen molar-refractivity contribution in [2.75, 3.05) is 31.1 Å². The number of nitrogens with one attached hydrogen (secondary N) is 1. The van der Waals surface area contributed by atoms with Crippen molar-refractivity contribution in [1.82, 2.24) is 14.8 Å². The highest BCUT2D eigenvalue weighted by Crippen LogP contribution is 2.24. The number of aryl methyl sites for hydroxylation is 2. The lowest BCUT2D eigenvalue weighted by molar-refractivity contribution is 0.171. The number of hydrogen-bond donors (Lipinski definition) is 1. The van der Waals surface area contributed by atoms with Crippen molar-refractivity contribution in [3.63, 3.8) is 0 Å². The van der Waals surface area contributed by atoms with Crippen LogP contribution in [-0.4, -0.2) is 47.7 Å². The zero-order valence-corrected chi connectivity index (χ0v) is 18.2. The quantitative estimate of drug-likeness (QED) is 0.619. The Morgan fingerprint density at radius 2 is 1.94 bits per heavy atom. The number of anilines is 1. The molecule has 2 amide bonds. The number of aromatic nitrogens is 1. The van der Waals surface area contributed by atoms with Crippen LogP contribution in [-0.2, 0) is 13.5 Å². The molecule has 1 atom stereocenters. The first-order chi connectivity index (χ1) is 15.0. The van der Waals surface area contributed by atoms with E-state index in [-0.39, 0.29) is 17.8 Å². The van der Waals surface area contributed by atoms with Crippen LogP contribution in [0.2, 0.25) is 0 Å². The number of urea groups is 1. The molecule has 3 aromatic rings. The number of carbonyl (C=O) groups is 1. The van der Waals surface area contributed by atoms with Crippen molar-refractivity contribution >= 4 is 22.8 Å². The van der Waals surface area contributed by atoms with Crippen molar-refractivity contribution in [2.45, 2.75) is 32.2 Å². The van der Waals surface area contributed by atoms with Gasteiger partial charge in [-0.3, -0.25) is 4.57 Å². The Bertz CT molecular complexity index is 1090. The molecule has 4 rings (SSSR count). The molecule has 1 saturated heterocycles. The van der Waals surface area contributed by atoms with E-state index in [1.165, 1.54) is 10.1 Å². The van der Waals surface area contributed by atoms with Gasteiger partial charge in [0.05, 0.1) is 5.52 Å². The predicted molar refractivity (Wildman–Crippen MR) is 123 cm³/mol. The van der Waals surface area contributed by atoms with Gasteiger partial charge < -0.3 is 19.5 Å². The lowest BCUT2D eigenvalue weighted by atomic mass is 10.1. The molecule has 1 fully saturated rings. The fourth-order valence-corrected chi connectivity index (χ4v) is 4.21. The highest BCUT2D eigenvalue weighted by atomic mass is 16.4. The molecule has 1 aliphatic rings. The summed E-state index contributed by atoms with van der Waals surface area (Å²) >= 11 is 0. The molecule has 164 valence electrons. The molecule has 7 heteroatoms. The Kier molecular flexibility index (Phi) is 6.30. The van der Waals surface area contributed by atoms with Crippen LogP contribution >= 0.6 is 0 Å². The van der Waals surface area contributed by atoms with Crippen molar-refractivity contribution < 1.29 is 9.21 Å². The molecule has 2 aromatic carbocycles. The van der Waals surface area contributed by atoms with E-state index in [1.807, 2.05) is 29.2 Å². The molecule has 0 bridgehead atoms. The van der Waals surface area contributed by atoms with Gasteiger partial charge in [-0.05, 0) is 43.9 Å². The molecule has 0 saturated carbocycles. The second-order valence-corrected chi connectivity index (χ2v) is 8.24. The van der Waals surface area contributed by atoms with Crippen molar-refractivity contribution in [1.29, 1.82) is 0 Å². The lowest BCUT2D eigenvalue weighted by Gasteiger charge is -2.40. The van der Waals surface area contributed by atoms with Crippen LogP contribution in [0.15, 0.2) is 57.7 Å². The third-order valence-electron chi connectivity index (χ3n) is 6.04. The highest BCUT2D eigenvalue weighted by Gasteiger charge is 2.27. The Morgan fingerprint density at radius 1 is 1.13 bits per heavy atom. The van der Waals surface area contributed by atoms with E-state index in [4.69, 9.17) is 4.42 Å². The molecule has 1 aromatic heterocycles. The number of rotatable bonds is 6. The van der Waals surface area contributed by atoms with Crippen LogP contribution < -0.4 is 16.0 Å². The van der Waals surface area contributed by atoms with E-state index in [2.05, 4.69) is 41.4 Å². The third kappa shape index (κ3) is 4.76. The van der Waals surface area contributed by atoms with Crippen LogP contribution in [0.25, 0.3) is 11.1 Å². The Labute approximate surface area is 182 Å². The summed E-state index contributed by atoms with van der Waals surface area (Å²) in [5.41, 5.74) is 3.72. The minimum absolute atomic E-state index is 0.0105. The fraction of sp³-hybridized carbons (Fsp3) is 0.417. The van der Waals surface area contributed by atoms with E-state index in [0.29, 0.717) is 18.7 Å². The zero-order valence-electron chi connectivity index (χ0n) is 18.2. The number of unbranched alkanes of at least 4 members (excludes halogenated alkanes) is 1. The van der Waals surface area contributed by atoms with E-state index in [0.717, 1.165) is 43.6 Å². The first-order valence-electron chi connectivity index (χ1n) is 11.0. The maximum atomic E-state index is 12.6. The summed E-state index contributed by atoms with van der Waals surface area (Å²) in [6, 6.07) is 16.4. The SMILES string of the molecule is C[C@H]1CN(c2ccc3c(c2)oc(=O)n3C)CCN1C(=O)NCCCCc1ccccc1. The maximum Gasteiger partial charge on any atom is 0.419 e. The highest BCUT2D eigenvalue weighted by molar-refractivity contribution is 5.78. The number of fused-ring (bicyclic) bond motifs is 1. The van der Waals surface area contributed by atoms with Gasteiger partial charge in [-0.15, -0.1) is 0 Å². The van der Waals surface area contributed by atoms with Gasteiger partial charge in [0.1, 0.15) is 0 Å². The summed E-state index contributed by atoms with van der Waals surface area (Å²) in [4.78, 5) is 28.5. The van der Waals surface area contributed by atoms with Gasteiger partial charge in [0, 0.05) is 51.0 Å². The Hall–Kier alpha value is -3.22. The van der Waals surface area contributed by atoms with Crippen molar-refractivity contribution in [3.05, 3.63) is 64.6 Å². The van der Waals surface area contributed by atoms with Gasteiger partial charge in [0.15, 0.2) is 5.58 Å². The summed E-state index contributed by atoms with van der Waals surface area (Å²) in [6.45, 7) is 4.91. The average Bonchev–Trinajstić information content (AvgIpc) is 3.07. The molecule has 0 aliphatic carbocycles. The van der Waals surface area contributed by atoms with Gasteiger partial charge in [0.2, 0.25) is 0 Å². The number of nitrogens with zero attached hydrogens (tertiary/aromatic N) is 3. The molecule has 0 radical (unpaired) electrons. The van der Waals surface area contributed by atoms with Crippen LogP contribution in [0.5, 0.6) is 0 Å². The smallest absolute Gasteiger partial charge is 0.408 e. The molecule has 0 unspecified atom stereocenters. The van der Waals surface area contributed by atoms with Gasteiger partial charge in [0.25, 0.3) is 0 Å². The first-order valence-corrected chi connectivity index (χ1v) is 11.0. The summed E-state index contributed by atoms with van der Waals surface area (Å²) in [5.74, 6) is -0.356. The number of amides is 2. The van der Waals surface area contributed by atoms with Crippen LogP contribution in [0.4, 0.5) is 10.5 Å². The Balaban J connectivity index is 1.26. The summed E-state index contributed by atoms with van der Waals surface area (Å²) in [5, 5.41) is 3.07. The van der Waals surface area contributed by atoms with E-state index < -0.39 is 0 Å². The third-order valence-corrected chi connectivity index (χ3v) is 6.04. The Morgan fingerprint density at radius 3 is 2.71 bits per heavy atom. The number of oxazole rings is 1. The van der Waals surface area contributed by atoms with Crippen LogP contribution in [0.3, 0.4) is 0 Å². The summed E-state index contributed by atoms with van der Waals surface area (Å²) < 4.78 is 6.82. The summed E-state index contributed by atoms with van der Waals surface area (Å²) in [6.07, 6.45) is 3.07. The number of carbonyl (C=O) groups excluding carboxylic acids is 1. The molecular weight excluding hydrogens is 392 g/mol. The van der Waals surface area contributed by atoms with E-state index in [1.54, 1.807) is 7.05 Å². The van der Waals surface area contributed by atoms with E-state index in [9.17, 15) is 9.59 Å². The number of benzene rings is 2. The normalized spacial score (nSPS) is 16.6. The standard InChI is InChI=1S/C24H30N4O3/c1-18-17-27(20-11-12-21-22(16-20)31-24(30)26(21)2)14-15-28(18)23(29)25-13-7-6-10-19-8-4-3-5-9-19/h3-5,8-9,11-12,16,18H,6-7,10,13-15,17H2,1-2H3,(H,25,29)/t18-/m0/s1. The molecular formula is C24H30N4O3. The van der Waals surface area contributed by atoms with Crippen molar-refractivity contribution in [3.8, 4) is 0 Å². The monoisotopic (exact) mass is 422 g/mol.